The number of halogens is 1. The van der Waals surface area contributed by atoms with E-state index in [-0.39, 0.29) is 11.5 Å². The second kappa shape index (κ2) is 10.6. The molecule has 3 aromatic rings. The summed E-state index contributed by atoms with van der Waals surface area (Å²) < 4.78 is 6.25. The molecule has 0 saturated heterocycles. The van der Waals surface area contributed by atoms with Gasteiger partial charge in [0.25, 0.3) is 11.8 Å². The van der Waals surface area contributed by atoms with Gasteiger partial charge in [-0.25, -0.2) is 4.98 Å². The zero-order chi connectivity index (χ0) is 24.1. The molecule has 0 spiro atoms. The molecule has 0 bridgehead atoms. The Bertz CT molecular complexity index is 1230. The number of nitrogens with one attached hydrogen (secondary N) is 2. The smallest absolute Gasteiger partial charge is 0.259 e. The monoisotopic (exact) mass is 569 g/mol. The molecular weight excluding hydrogens is 545 g/mol. The fourth-order valence-electron chi connectivity index (χ4n) is 3.58. The molecule has 2 heterocycles. The molecule has 9 heteroatoms. The number of anilines is 2. The Morgan fingerprint density at radius 1 is 1.06 bits per heavy atom. The molecular formula is C25H24IN5O3. The summed E-state index contributed by atoms with van der Waals surface area (Å²) in [6.07, 6.45) is 1.72. The molecule has 34 heavy (non-hydrogen) atoms. The van der Waals surface area contributed by atoms with Crippen LogP contribution in [-0.2, 0) is 4.43 Å². The summed E-state index contributed by atoms with van der Waals surface area (Å²) in [4.78, 5) is 36.9. The summed E-state index contributed by atoms with van der Waals surface area (Å²) in [5, 5.41) is 5.62. The summed E-state index contributed by atoms with van der Waals surface area (Å²) in [6.45, 7) is 1.65. The van der Waals surface area contributed by atoms with Crippen LogP contribution in [0.3, 0.4) is 0 Å². The highest BCUT2D eigenvalue weighted by Crippen LogP contribution is 2.29. The Kier molecular flexibility index (Phi) is 7.41. The molecule has 0 aliphatic carbocycles. The average molecular weight is 569 g/mol. The Morgan fingerprint density at radius 2 is 1.85 bits per heavy atom. The quantitative estimate of drug-likeness (QED) is 0.328. The molecule has 2 N–H and O–H groups in total. The lowest BCUT2D eigenvalue weighted by Crippen LogP contribution is -2.23. The largest absolute Gasteiger partial charge is 0.495 e. The van der Waals surface area contributed by atoms with E-state index in [1.807, 2.05) is 25.2 Å². The van der Waals surface area contributed by atoms with E-state index >= 15 is 0 Å². The first-order valence-electron chi connectivity index (χ1n) is 10.7. The molecule has 2 aromatic carbocycles. The molecule has 0 fully saturated rings. The normalized spacial score (nSPS) is 12.8. The van der Waals surface area contributed by atoms with Gasteiger partial charge in [-0.15, -0.1) is 0 Å². The van der Waals surface area contributed by atoms with Gasteiger partial charge in [0.1, 0.15) is 17.4 Å². The van der Waals surface area contributed by atoms with Gasteiger partial charge in [0.2, 0.25) is 0 Å². The predicted octanol–water partition coefficient (Wildman–Crippen LogP) is 4.22. The highest BCUT2D eigenvalue weighted by molar-refractivity contribution is 14.1. The molecule has 2 amide bonds. The third-order valence-electron chi connectivity index (χ3n) is 5.41. The minimum absolute atomic E-state index is 0.269. The number of hydrogen-bond acceptors (Lipinski definition) is 6. The van der Waals surface area contributed by atoms with Crippen molar-refractivity contribution in [2.75, 3.05) is 37.9 Å². The van der Waals surface area contributed by atoms with Gasteiger partial charge in [-0.2, -0.15) is 0 Å². The topological polar surface area (TPSA) is 95.9 Å². The van der Waals surface area contributed by atoms with Crippen LogP contribution >= 0.6 is 22.6 Å². The third-order valence-corrected chi connectivity index (χ3v) is 6.29. The lowest BCUT2D eigenvalue weighted by atomic mass is 10.1. The molecule has 174 valence electrons. The van der Waals surface area contributed by atoms with Crippen LogP contribution in [0, 0.1) is 0 Å². The van der Waals surface area contributed by atoms with Crippen LogP contribution in [0.25, 0.3) is 0 Å². The number of hydrogen-bond donors (Lipinski definition) is 2. The second-order valence-corrected chi connectivity index (χ2v) is 8.44. The van der Waals surface area contributed by atoms with Gasteiger partial charge in [-0.1, -0.05) is 46.9 Å². The lowest BCUT2D eigenvalue weighted by molar-refractivity contribution is 0.102. The van der Waals surface area contributed by atoms with Crippen molar-refractivity contribution < 1.29 is 14.3 Å². The van der Waals surface area contributed by atoms with Crippen LogP contribution in [0.2, 0.25) is 0 Å². The lowest BCUT2D eigenvalue weighted by Gasteiger charge is -2.16. The van der Waals surface area contributed by atoms with E-state index in [1.165, 1.54) is 7.11 Å². The van der Waals surface area contributed by atoms with Crippen LogP contribution in [0.1, 0.15) is 31.8 Å². The Morgan fingerprint density at radius 3 is 2.47 bits per heavy atom. The zero-order valence-corrected chi connectivity index (χ0v) is 21.0. The number of amides is 2. The number of nitrogens with zero attached hydrogens (tertiary/aromatic N) is 3. The number of pyridine rings is 1. The summed E-state index contributed by atoms with van der Waals surface area (Å²) in [6, 6.07) is 15.9. The number of likely N-dealkylation sites (N-methyl/N-ethyl adjacent to an activating group) is 1. The molecule has 8 nitrogen and oxygen atoms in total. The summed E-state index contributed by atoms with van der Waals surface area (Å²) >= 11 is 2.25. The van der Waals surface area contributed by atoms with Crippen molar-refractivity contribution in [3.05, 3.63) is 83.0 Å². The summed E-state index contributed by atoms with van der Waals surface area (Å²) in [5.74, 6) is 0.968. The highest BCUT2D eigenvalue weighted by atomic mass is 127. The molecule has 0 unspecified atom stereocenters. The number of amidine groups is 1. The van der Waals surface area contributed by atoms with Crippen LogP contribution in [0.15, 0.2) is 65.8 Å². The van der Waals surface area contributed by atoms with Gasteiger partial charge >= 0.3 is 0 Å². The molecule has 1 aliphatic heterocycles. The first-order valence-corrected chi connectivity index (χ1v) is 12.2. The van der Waals surface area contributed by atoms with Crippen molar-refractivity contribution in [1.29, 1.82) is 0 Å². The van der Waals surface area contributed by atoms with Gasteiger partial charge in [0.15, 0.2) is 0 Å². The maximum absolute atomic E-state index is 13.0. The van der Waals surface area contributed by atoms with E-state index in [9.17, 15) is 9.59 Å². The number of rotatable bonds is 7. The zero-order valence-electron chi connectivity index (χ0n) is 18.8. The average Bonchev–Trinajstić information content (AvgIpc) is 3.30. The van der Waals surface area contributed by atoms with Gasteiger partial charge in [-0.3, -0.25) is 14.6 Å². The van der Waals surface area contributed by atoms with Crippen molar-refractivity contribution in [2.45, 2.75) is 4.43 Å². The van der Waals surface area contributed by atoms with E-state index in [1.54, 1.807) is 42.6 Å². The standard InChI is InChI=1S/C25H24IN5O3/c1-31-13-12-27-23(31)17-7-9-18(10-8-17)24(32)30-22-19(4-3-5-20(22)34-2)25(33)29-21-11-6-16(14-26)15-28-21/h3-11,15H,12-14H2,1-2H3,(H,30,32)(H,28,29,33). The van der Waals surface area contributed by atoms with E-state index in [0.717, 1.165) is 34.5 Å². The highest BCUT2D eigenvalue weighted by Gasteiger charge is 2.20. The van der Waals surface area contributed by atoms with Gasteiger partial charge in [0.05, 0.1) is 24.9 Å². The fourth-order valence-corrected chi connectivity index (χ4v) is 4.03. The predicted molar refractivity (Wildman–Crippen MR) is 141 cm³/mol. The Labute approximate surface area is 211 Å². The van der Waals surface area contributed by atoms with E-state index in [0.29, 0.717) is 22.8 Å². The number of benzene rings is 2. The molecule has 0 atom stereocenters. The van der Waals surface area contributed by atoms with Crippen LogP contribution in [0.4, 0.5) is 11.5 Å². The molecule has 0 saturated carbocycles. The minimum Gasteiger partial charge on any atom is -0.495 e. The number of carbonyl (C=O) groups excluding carboxylic acids is 2. The van der Waals surface area contributed by atoms with E-state index in [2.05, 4.69) is 48.1 Å². The number of alkyl halides is 1. The summed E-state index contributed by atoms with van der Waals surface area (Å²) in [5.41, 5.74) is 3.03. The van der Waals surface area contributed by atoms with Gasteiger partial charge in [-0.05, 0) is 35.9 Å². The molecule has 0 radical (unpaired) electrons. The van der Waals surface area contributed by atoms with Crippen molar-refractivity contribution in [1.82, 2.24) is 9.88 Å². The van der Waals surface area contributed by atoms with Crippen LogP contribution < -0.4 is 15.4 Å². The third kappa shape index (κ3) is 5.19. The molecule has 4 rings (SSSR count). The van der Waals surface area contributed by atoms with Crippen molar-refractivity contribution >= 4 is 51.7 Å². The fraction of sp³-hybridized carbons (Fsp3) is 0.200. The molecule has 1 aromatic heterocycles. The second-order valence-electron chi connectivity index (χ2n) is 7.68. The van der Waals surface area contributed by atoms with Crippen LogP contribution in [-0.4, -0.2) is 54.8 Å². The number of methoxy groups -OCH3 is 1. The number of para-hydroxylation sites is 1. The maximum Gasteiger partial charge on any atom is 0.259 e. The number of ether oxygens (including phenoxy) is 1. The van der Waals surface area contributed by atoms with E-state index < -0.39 is 5.91 Å². The van der Waals surface area contributed by atoms with Crippen LogP contribution in [0.5, 0.6) is 5.75 Å². The summed E-state index contributed by atoms with van der Waals surface area (Å²) in [7, 11) is 3.48. The SMILES string of the molecule is COc1cccc(C(=O)Nc2ccc(CI)cn2)c1NC(=O)c1ccc(C2=NCCN2C)cc1. The van der Waals surface area contributed by atoms with Crippen molar-refractivity contribution in [3.63, 3.8) is 0 Å². The maximum atomic E-state index is 13.0. The van der Waals surface area contributed by atoms with Crippen molar-refractivity contribution in [2.24, 2.45) is 4.99 Å². The first kappa shape index (κ1) is 23.7. The number of carbonyl (C=O) groups is 2. The molecule has 1 aliphatic rings. The minimum atomic E-state index is -0.401. The Balaban J connectivity index is 1.55. The Hall–Kier alpha value is -3.47. The first-order chi connectivity index (χ1) is 16.5. The van der Waals surface area contributed by atoms with E-state index in [4.69, 9.17) is 4.74 Å². The van der Waals surface area contributed by atoms with Gasteiger partial charge in [0, 0.05) is 35.3 Å². The van der Waals surface area contributed by atoms with Crippen molar-refractivity contribution in [3.8, 4) is 5.75 Å². The number of aliphatic imine (C=N–C) groups is 1. The number of aromatic nitrogens is 1. The van der Waals surface area contributed by atoms with Gasteiger partial charge < -0.3 is 20.3 Å².